The van der Waals surface area contributed by atoms with E-state index in [1.165, 1.54) is 12.1 Å². The molecule has 4 nitrogen and oxygen atoms in total. The maximum Gasteiger partial charge on any atom is 0.256 e. The number of hydrogen-bond acceptors (Lipinski definition) is 3. The quantitative estimate of drug-likeness (QED) is 0.880. The Labute approximate surface area is 133 Å². The Morgan fingerprint density at radius 2 is 1.83 bits per heavy atom. The summed E-state index contributed by atoms with van der Waals surface area (Å²) in [7, 11) is 3.14. The molecule has 3 rings (SSSR count). The van der Waals surface area contributed by atoms with E-state index in [0.29, 0.717) is 33.9 Å². The van der Waals surface area contributed by atoms with Gasteiger partial charge in [-0.2, -0.15) is 0 Å². The van der Waals surface area contributed by atoms with Gasteiger partial charge in [-0.25, -0.2) is 4.39 Å². The predicted octanol–water partition coefficient (Wildman–Crippen LogP) is 3.64. The molecule has 0 unspecified atom stereocenters. The number of rotatable bonds is 3. The smallest absolute Gasteiger partial charge is 0.256 e. The first kappa shape index (κ1) is 15.1. The summed E-state index contributed by atoms with van der Waals surface area (Å²) in [5.41, 5.74) is 3.15. The zero-order chi connectivity index (χ0) is 16.6. The summed E-state index contributed by atoms with van der Waals surface area (Å²) in [5, 5.41) is 2.73. The summed E-state index contributed by atoms with van der Waals surface area (Å²) in [6.07, 6.45) is 1.68. The first-order chi connectivity index (χ1) is 11.0. The van der Waals surface area contributed by atoms with Crippen molar-refractivity contribution in [3.05, 3.63) is 52.8 Å². The zero-order valence-corrected chi connectivity index (χ0v) is 13.1. The van der Waals surface area contributed by atoms with Crippen molar-refractivity contribution in [1.29, 1.82) is 0 Å². The molecule has 118 valence electrons. The second-order valence-corrected chi connectivity index (χ2v) is 5.27. The molecular formula is C18H16FNO3. The van der Waals surface area contributed by atoms with Gasteiger partial charge in [0.1, 0.15) is 17.3 Å². The molecule has 0 aliphatic carbocycles. The van der Waals surface area contributed by atoms with Gasteiger partial charge in [0.25, 0.3) is 5.91 Å². The van der Waals surface area contributed by atoms with Crippen molar-refractivity contribution in [3.8, 4) is 11.5 Å². The second-order valence-electron chi connectivity index (χ2n) is 5.27. The number of anilines is 1. The molecule has 5 heteroatoms. The molecule has 2 aromatic carbocycles. The summed E-state index contributed by atoms with van der Waals surface area (Å²) in [4.78, 5) is 12.2. The van der Waals surface area contributed by atoms with E-state index in [4.69, 9.17) is 9.47 Å². The molecule has 0 saturated carbocycles. The lowest BCUT2D eigenvalue weighted by molar-refractivity contribution is -0.110. The van der Waals surface area contributed by atoms with Crippen molar-refractivity contribution in [3.63, 3.8) is 0 Å². The third kappa shape index (κ3) is 2.65. The molecule has 0 radical (unpaired) electrons. The van der Waals surface area contributed by atoms with E-state index in [-0.39, 0.29) is 11.7 Å². The Bertz CT molecular complexity index is 827. The number of benzene rings is 2. The van der Waals surface area contributed by atoms with Crippen LogP contribution >= 0.6 is 0 Å². The third-order valence-electron chi connectivity index (χ3n) is 3.81. The Kier molecular flexibility index (Phi) is 3.78. The summed E-state index contributed by atoms with van der Waals surface area (Å²) in [6.45, 7) is 1.91. The molecule has 0 fully saturated rings. The Balaban J connectivity index is 2.16. The first-order valence-electron chi connectivity index (χ1n) is 7.09. The van der Waals surface area contributed by atoms with Crippen LogP contribution in [0.25, 0.3) is 11.6 Å². The van der Waals surface area contributed by atoms with Gasteiger partial charge in [0.15, 0.2) is 0 Å². The molecule has 1 N–H and O–H groups in total. The molecule has 0 atom stereocenters. The van der Waals surface area contributed by atoms with Gasteiger partial charge in [0, 0.05) is 22.4 Å². The van der Waals surface area contributed by atoms with Crippen LogP contribution in [-0.2, 0) is 4.79 Å². The Hall–Kier alpha value is -2.82. The highest BCUT2D eigenvalue weighted by atomic mass is 19.1. The number of carbonyl (C=O) groups excluding carboxylic acids is 1. The number of fused-ring (bicyclic) bond motifs is 1. The van der Waals surface area contributed by atoms with Crippen LogP contribution in [0.3, 0.4) is 0 Å². The van der Waals surface area contributed by atoms with E-state index >= 15 is 0 Å². The van der Waals surface area contributed by atoms with E-state index < -0.39 is 0 Å². The Morgan fingerprint density at radius 1 is 1.09 bits per heavy atom. The van der Waals surface area contributed by atoms with Crippen LogP contribution in [0.15, 0.2) is 30.3 Å². The predicted molar refractivity (Wildman–Crippen MR) is 87.2 cm³/mol. The minimum atomic E-state index is -0.389. The number of nitrogens with one attached hydrogen (secondary N) is 1. The van der Waals surface area contributed by atoms with Crippen molar-refractivity contribution in [1.82, 2.24) is 0 Å². The minimum Gasteiger partial charge on any atom is -0.496 e. The number of hydrogen-bond donors (Lipinski definition) is 1. The van der Waals surface area contributed by atoms with Crippen molar-refractivity contribution in [2.24, 2.45) is 0 Å². The van der Waals surface area contributed by atoms with Crippen LogP contribution in [-0.4, -0.2) is 20.1 Å². The average molecular weight is 313 g/mol. The van der Waals surface area contributed by atoms with Gasteiger partial charge >= 0.3 is 0 Å². The molecule has 0 saturated heterocycles. The lowest BCUT2D eigenvalue weighted by Gasteiger charge is -2.11. The monoisotopic (exact) mass is 313 g/mol. The van der Waals surface area contributed by atoms with Crippen molar-refractivity contribution in [2.75, 3.05) is 19.5 Å². The van der Waals surface area contributed by atoms with Gasteiger partial charge < -0.3 is 14.8 Å². The lowest BCUT2D eigenvalue weighted by Crippen LogP contribution is -2.03. The molecule has 2 aromatic rings. The van der Waals surface area contributed by atoms with Crippen LogP contribution in [0.2, 0.25) is 0 Å². The molecule has 23 heavy (non-hydrogen) atoms. The topological polar surface area (TPSA) is 47.6 Å². The molecule has 0 bridgehead atoms. The number of halogens is 1. The third-order valence-corrected chi connectivity index (χ3v) is 3.81. The number of carbonyl (C=O) groups is 1. The summed E-state index contributed by atoms with van der Waals surface area (Å²) < 4.78 is 24.2. The van der Waals surface area contributed by atoms with E-state index in [9.17, 15) is 9.18 Å². The summed E-state index contributed by atoms with van der Waals surface area (Å²) in [5.74, 6) is 0.649. The van der Waals surface area contributed by atoms with Gasteiger partial charge in [0.2, 0.25) is 0 Å². The normalized spacial score (nSPS) is 14.6. The molecule has 1 aliphatic heterocycles. The SMILES string of the molecule is COc1cc(/C=C2/C(=O)Nc3ccc(F)cc32)c(OC)cc1C. The molecule has 1 amide bonds. The number of amides is 1. The molecular weight excluding hydrogens is 297 g/mol. The number of methoxy groups -OCH3 is 2. The maximum absolute atomic E-state index is 13.5. The number of aryl methyl sites for hydroxylation is 1. The molecule has 1 heterocycles. The Morgan fingerprint density at radius 3 is 2.52 bits per heavy atom. The van der Waals surface area contributed by atoms with Crippen molar-refractivity contribution >= 4 is 23.2 Å². The van der Waals surface area contributed by atoms with Crippen LogP contribution in [0.1, 0.15) is 16.7 Å². The van der Waals surface area contributed by atoms with Crippen LogP contribution in [0.4, 0.5) is 10.1 Å². The maximum atomic E-state index is 13.5. The zero-order valence-electron chi connectivity index (χ0n) is 13.1. The summed E-state index contributed by atoms with van der Waals surface area (Å²) >= 11 is 0. The highest BCUT2D eigenvalue weighted by Crippen LogP contribution is 2.36. The van der Waals surface area contributed by atoms with Gasteiger partial charge in [-0.1, -0.05) is 0 Å². The first-order valence-corrected chi connectivity index (χ1v) is 7.09. The van der Waals surface area contributed by atoms with E-state index in [0.717, 1.165) is 5.56 Å². The van der Waals surface area contributed by atoms with Gasteiger partial charge in [-0.3, -0.25) is 4.79 Å². The second kappa shape index (κ2) is 5.76. The van der Waals surface area contributed by atoms with Crippen LogP contribution < -0.4 is 14.8 Å². The van der Waals surface area contributed by atoms with Gasteiger partial charge in [-0.15, -0.1) is 0 Å². The molecule has 1 aliphatic rings. The van der Waals surface area contributed by atoms with E-state index in [1.807, 2.05) is 13.0 Å². The van der Waals surface area contributed by atoms with Gasteiger partial charge in [-0.05, 0) is 48.9 Å². The molecule has 0 spiro atoms. The standard InChI is InChI=1S/C18H16FNO3/c1-10-6-17(23-3)11(8-16(10)22-2)7-14-13-9-12(19)4-5-15(13)20-18(14)21/h4-9H,1-3H3,(H,20,21)/b14-7+. The fourth-order valence-electron chi connectivity index (χ4n) is 2.65. The largest absolute Gasteiger partial charge is 0.496 e. The van der Waals surface area contributed by atoms with E-state index in [1.54, 1.807) is 32.4 Å². The van der Waals surface area contributed by atoms with Crippen molar-refractivity contribution < 1.29 is 18.7 Å². The van der Waals surface area contributed by atoms with Gasteiger partial charge in [0.05, 0.1) is 14.2 Å². The van der Waals surface area contributed by atoms with Crippen molar-refractivity contribution in [2.45, 2.75) is 6.92 Å². The van der Waals surface area contributed by atoms with Crippen LogP contribution in [0.5, 0.6) is 11.5 Å². The lowest BCUT2D eigenvalue weighted by atomic mass is 10.0. The highest BCUT2D eigenvalue weighted by Gasteiger charge is 2.25. The number of ether oxygens (including phenoxy) is 2. The highest BCUT2D eigenvalue weighted by molar-refractivity contribution is 6.35. The van der Waals surface area contributed by atoms with Crippen LogP contribution in [0, 0.1) is 12.7 Å². The molecule has 0 aromatic heterocycles. The fourth-order valence-corrected chi connectivity index (χ4v) is 2.65. The average Bonchev–Trinajstić information content (AvgIpc) is 2.84. The fraction of sp³-hybridized carbons (Fsp3) is 0.167. The van der Waals surface area contributed by atoms with E-state index in [2.05, 4.69) is 5.32 Å². The summed E-state index contributed by atoms with van der Waals surface area (Å²) in [6, 6.07) is 7.85. The minimum absolute atomic E-state index is 0.271.